The Kier molecular flexibility index (Phi) is 9.94. The van der Waals surface area contributed by atoms with Crippen LogP contribution in [0.5, 0.6) is 5.75 Å². The first-order valence-electron chi connectivity index (χ1n) is 15.2. The minimum absolute atomic E-state index is 0.0778. The highest BCUT2D eigenvalue weighted by atomic mass is 32.1. The number of rotatable bonds is 12. The molecule has 1 aliphatic rings. The Morgan fingerprint density at radius 3 is 2.40 bits per heavy atom. The number of nitrogens with zero attached hydrogens (tertiary/aromatic N) is 4. The molecular weight excluding hydrogens is 588 g/mol. The number of carbonyl (C=O) groups is 2. The summed E-state index contributed by atoms with van der Waals surface area (Å²) in [5.41, 5.74) is 4.40. The van der Waals surface area contributed by atoms with Crippen LogP contribution in [0.25, 0.3) is 5.00 Å². The molecule has 4 aromatic rings. The molecule has 1 atom stereocenters. The molecule has 0 spiro atoms. The molecule has 2 aromatic carbocycles. The molecule has 0 radical (unpaired) electrons. The van der Waals surface area contributed by atoms with Crippen molar-refractivity contribution in [3.8, 4) is 10.8 Å². The minimum atomic E-state index is -0.529. The molecule has 1 aliphatic heterocycles. The molecular formula is C35H40N4O5S. The summed E-state index contributed by atoms with van der Waals surface area (Å²) in [5, 5.41) is 9.93. The van der Waals surface area contributed by atoms with Crippen molar-refractivity contribution in [3.63, 3.8) is 0 Å². The topological polar surface area (TPSA) is 105 Å². The summed E-state index contributed by atoms with van der Waals surface area (Å²) in [6.07, 6.45) is 1.19. The van der Waals surface area contributed by atoms with Gasteiger partial charge in [-0.15, -0.1) is 21.5 Å². The Labute approximate surface area is 268 Å². The fraction of sp³-hybridized carbons (Fsp3) is 0.400. The van der Waals surface area contributed by atoms with E-state index in [1.54, 1.807) is 11.3 Å². The summed E-state index contributed by atoms with van der Waals surface area (Å²) in [4.78, 5) is 31.5. The molecule has 5 rings (SSSR count). The fourth-order valence-corrected chi connectivity index (χ4v) is 6.44. The Bertz CT molecular complexity index is 1680. The standard InChI is InChI=1S/C35H40N4O5S/c1-22-23(2)45-34-31(22)32(26-13-15-28(16-14-26)43-18-10-17-42-21-30(41)44-35(4,5)6)36-29(33-38-37-24(3)39(33)34)20-27(40)19-25-11-8-7-9-12-25/h7-9,11-16,29H,10,17-21H2,1-6H3/t29-/m0/s1. The Morgan fingerprint density at radius 1 is 0.956 bits per heavy atom. The van der Waals surface area contributed by atoms with Crippen LogP contribution in [-0.2, 0) is 25.5 Å². The maximum absolute atomic E-state index is 13.3. The number of hydrogen-bond acceptors (Lipinski definition) is 9. The van der Waals surface area contributed by atoms with Crippen molar-refractivity contribution in [2.24, 2.45) is 4.99 Å². The summed E-state index contributed by atoms with van der Waals surface area (Å²) in [5.74, 6) is 1.89. The molecule has 10 heteroatoms. The van der Waals surface area contributed by atoms with Crippen LogP contribution in [0, 0.1) is 20.8 Å². The number of carbonyl (C=O) groups excluding carboxylic acids is 2. The van der Waals surface area contributed by atoms with Gasteiger partial charge in [-0.1, -0.05) is 30.3 Å². The van der Waals surface area contributed by atoms with Crippen molar-refractivity contribution in [2.45, 2.75) is 72.4 Å². The summed E-state index contributed by atoms with van der Waals surface area (Å²) in [6.45, 7) is 12.4. The monoisotopic (exact) mass is 628 g/mol. The highest BCUT2D eigenvalue weighted by Gasteiger charge is 2.32. The molecule has 236 valence electrons. The summed E-state index contributed by atoms with van der Waals surface area (Å²) in [7, 11) is 0. The second kappa shape index (κ2) is 13.9. The third-order valence-corrected chi connectivity index (χ3v) is 8.57. The van der Waals surface area contributed by atoms with E-state index >= 15 is 0 Å². The smallest absolute Gasteiger partial charge is 0.332 e. The van der Waals surface area contributed by atoms with Crippen LogP contribution < -0.4 is 4.74 Å². The average Bonchev–Trinajstić information content (AvgIpc) is 3.46. The number of thiophene rings is 1. The van der Waals surface area contributed by atoms with Gasteiger partial charge in [0.2, 0.25) is 0 Å². The van der Waals surface area contributed by atoms with Crippen LogP contribution >= 0.6 is 11.3 Å². The zero-order chi connectivity index (χ0) is 32.1. The number of ketones is 1. The number of aliphatic imine (C=N–C) groups is 1. The van der Waals surface area contributed by atoms with Crippen molar-refractivity contribution >= 4 is 28.8 Å². The van der Waals surface area contributed by atoms with Gasteiger partial charge in [-0.25, -0.2) is 4.79 Å². The van der Waals surface area contributed by atoms with Crippen molar-refractivity contribution < 1.29 is 23.8 Å². The van der Waals surface area contributed by atoms with Crippen LogP contribution in [-0.4, -0.2) is 57.7 Å². The van der Waals surface area contributed by atoms with E-state index in [-0.39, 0.29) is 24.8 Å². The third-order valence-electron chi connectivity index (χ3n) is 7.37. The molecule has 0 unspecified atom stereocenters. The predicted molar refractivity (Wildman–Crippen MR) is 175 cm³/mol. The lowest BCUT2D eigenvalue weighted by molar-refractivity contribution is -0.160. The van der Waals surface area contributed by atoms with Gasteiger partial charge in [0, 0.05) is 35.3 Å². The van der Waals surface area contributed by atoms with Crippen LogP contribution in [0.1, 0.15) is 78.4 Å². The summed E-state index contributed by atoms with van der Waals surface area (Å²) in [6, 6.07) is 17.2. The Balaban J connectivity index is 1.32. The molecule has 0 saturated carbocycles. The van der Waals surface area contributed by atoms with Gasteiger partial charge in [-0.2, -0.15) is 0 Å². The van der Waals surface area contributed by atoms with E-state index in [2.05, 4.69) is 28.6 Å². The molecule has 3 heterocycles. The lowest BCUT2D eigenvalue weighted by atomic mass is 9.99. The lowest BCUT2D eigenvalue weighted by Gasteiger charge is -2.19. The van der Waals surface area contributed by atoms with Gasteiger partial charge in [-0.05, 0) is 76.9 Å². The maximum Gasteiger partial charge on any atom is 0.332 e. The molecule has 0 bridgehead atoms. The molecule has 0 fully saturated rings. The Morgan fingerprint density at radius 2 is 1.69 bits per heavy atom. The molecule has 0 aliphatic carbocycles. The van der Waals surface area contributed by atoms with Gasteiger partial charge in [0.1, 0.15) is 40.6 Å². The summed E-state index contributed by atoms with van der Waals surface area (Å²) < 4.78 is 18.7. The van der Waals surface area contributed by atoms with Gasteiger partial charge in [-0.3, -0.25) is 14.4 Å². The van der Waals surface area contributed by atoms with Gasteiger partial charge in [0.25, 0.3) is 0 Å². The number of aryl methyl sites for hydroxylation is 2. The molecule has 0 N–H and O–H groups in total. The number of fused-ring (bicyclic) bond motifs is 3. The number of esters is 1. The van der Waals surface area contributed by atoms with Gasteiger partial charge >= 0.3 is 5.97 Å². The number of hydrogen-bond donors (Lipinski definition) is 0. The van der Waals surface area contributed by atoms with Crippen LogP contribution in [0.4, 0.5) is 0 Å². The zero-order valence-corrected chi connectivity index (χ0v) is 27.6. The predicted octanol–water partition coefficient (Wildman–Crippen LogP) is 6.48. The van der Waals surface area contributed by atoms with Crippen molar-refractivity contribution in [1.29, 1.82) is 0 Å². The van der Waals surface area contributed by atoms with E-state index in [0.717, 1.165) is 44.5 Å². The van der Waals surface area contributed by atoms with Crippen molar-refractivity contribution in [1.82, 2.24) is 14.8 Å². The second-order valence-electron chi connectivity index (χ2n) is 12.2. The zero-order valence-electron chi connectivity index (χ0n) is 26.8. The molecule has 45 heavy (non-hydrogen) atoms. The number of Topliss-reactive ketones (excluding diaryl/α,β-unsaturated/α-hetero) is 1. The number of ether oxygens (including phenoxy) is 3. The Hall–Kier alpha value is -4.15. The SMILES string of the molecule is Cc1sc2c(c1C)C(c1ccc(OCCCOCC(=O)OC(C)(C)C)cc1)=N[C@@H](CC(=O)Cc1ccccc1)c1nnc(C)n1-2. The molecule has 0 saturated heterocycles. The van der Waals surface area contributed by atoms with Crippen LogP contribution in [0.3, 0.4) is 0 Å². The maximum atomic E-state index is 13.3. The first-order valence-corrected chi connectivity index (χ1v) is 16.0. The van der Waals surface area contributed by atoms with E-state index < -0.39 is 11.6 Å². The van der Waals surface area contributed by atoms with Crippen molar-refractivity contribution in [3.05, 3.63) is 93.4 Å². The largest absolute Gasteiger partial charge is 0.494 e. The van der Waals surface area contributed by atoms with Gasteiger partial charge in [0.15, 0.2) is 5.82 Å². The van der Waals surface area contributed by atoms with Crippen LogP contribution in [0.15, 0.2) is 59.6 Å². The van der Waals surface area contributed by atoms with Crippen molar-refractivity contribution in [2.75, 3.05) is 19.8 Å². The van der Waals surface area contributed by atoms with E-state index in [9.17, 15) is 9.59 Å². The van der Waals surface area contributed by atoms with Gasteiger partial charge < -0.3 is 14.2 Å². The lowest BCUT2D eigenvalue weighted by Crippen LogP contribution is -2.26. The first kappa shape index (κ1) is 32.2. The van der Waals surface area contributed by atoms with E-state index in [0.29, 0.717) is 31.9 Å². The van der Waals surface area contributed by atoms with Gasteiger partial charge in [0.05, 0.1) is 18.9 Å². The van der Waals surface area contributed by atoms with E-state index in [4.69, 9.17) is 19.2 Å². The highest BCUT2D eigenvalue weighted by Crippen LogP contribution is 2.39. The quantitative estimate of drug-likeness (QED) is 0.131. The molecule has 2 aromatic heterocycles. The normalized spacial score (nSPS) is 14.3. The fourth-order valence-electron chi connectivity index (χ4n) is 5.22. The molecule has 0 amide bonds. The first-order chi connectivity index (χ1) is 21.5. The number of benzene rings is 2. The van der Waals surface area contributed by atoms with Crippen LogP contribution in [0.2, 0.25) is 0 Å². The van der Waals surface area contributed by atoms with E-state index in [1.165, 1.54) is 4.88 Å². The molecule has 9 nitrogen and oxygen atoms in total. The average molecular weight is 629 g/mol. The highest BCUT2D eigenvalue weighted by molar-refractivity contribution is 7.15. The third kappa shape index (κ3) is 7.93. The minimum Gasteiger partial charge on any atom is -0.494 e. The summed E-state index contributed by atoms with van der Waals surface area (Å²) >= 11 is 1.69. The second-order valence-corrected chi connectivity index (χ2v) is 13.4. The number of aromatic nitrogens is 3. The van der Waals surface area contributed by atoms with E-state index in [1.807, 2.05) is 82.3 Å².